The predicted octanol–water partition coefficient (Wildman–Crippen LogP) is 4.38. The standard InChI is InChI=1S/C15H20ClN/c1-11-15(8-4-3-5-9-15)13-10-12(16)6-7-14(13)17(11)2/h6-7,10-11H,3-5,8-9H2,1-2H3. The Morgan fingerprint density at radius 3 is 2.65 bits per heavy atom. The highest BCUT2D eigenvalue weighted by atomic mass is 35.5. The molecule has 1 aromatic carbocycles. The van der Waals surface area contributed by atoms with Crippen LogP contribution >= 0.6 is 11.6 Å². The van der Waals surface area contributed by atoms with Crippen molar-refractivity contribution in [2.75, 3.05) is 11.9 Å². The van der Waals surface area contributed by atoms with E-state index in [0.29, 0.717) is 11.5 Å². The van der Waals surface area contributed by atoms with Gasteiger partial charge in [0.15, 0.2) is 0 Å². The molecule has 0 radical (unpaired) electrons. The first-order valence-electron chi connectivity index (χ1n) is 6.68. The van der Waals surface area contributed by atoms with E-state index >= 15 is 0 Å². The minimum absolute atomic E-state index is 0.368. The second kappa shape index (κ2) is 3.91. The highest BCUT2D eigenvalue weighted by Crippen LogP contribution is 2.52. The zero-order chi connectivity index (χ0) is 12.0. The molecule has 1 aromatic rings. The van der Waals surface area contributed by atoms with Crippen molar-refractivity contribution in [2.45, 2.75) is 50.5 Å². The van der Waals surface area contributed by atoms with Gasteiger partial charge in [-0.05, 0) is 43.5 Å². The normalized spacial score (nSPS) is 26.3. The first kappa shape index (κ1) is 11.4. The molecule has 2 aliphatic rings. The molecule has 1 saturated carbocycles. The van der Waals surface area contributed by atoms with Gasteiger partial charge in [-0.3, -0.25) is 0 Å². The summed E-state index contributed by atoms with van der Waals surface area (Å²) in [6, 6.07) is 7.03. The van der Waals surface area contributed by atoms with Crippen molar-refractivity contribution in [1.82, 2.24) is 0 Å². The van der Waals surface area contributed by atoms with Crippen LogP contribution in [0.4, 0.5) is 5.69 Å². The van der Waals surface area contributed by atoms with Gasteiger partial charge in [-0.25, -0.2) is 0 Å². The lowest BCUT2D eigenvalue weighted by Crippen LogP contribution is -2.42. The molecule has 1 unspecified atom stereocenters. The third kappa shape index (κ3) is 1.52. The highest BCUT2D eigenvalue weighted by molar-refractivity contribution is 6.30. The van der Waals surface area contributed by atoms with Crippen LogP contribution in [0.2, 0.25) is 5.02 Å². The van der Waals surface area contributed by atoms with E-state index in [9.17, 15) is 0 Å². The minimum Gasteiger partial charge on any atom is -0.371 e. The molecule has 1 atom stereocenters. The number of nitrogens with zero attached hydrogens (tertiary/aromatic N) is 1. The number of likely N-dealkylation sites (N-methyl/N-ethyl adjacent to an activating group) is 1. The molecule has 92 valence electrons. The van der Waals surface area contributed by atoms with Crippen LogP contribution in [0.15, 0.2) is 18.2 Å². The van der Waals surface area contributed by atoms with Gasteiger partial charge in [-0.2, -0.15) is 0 Å². The van der Waals surface area contributed by atoms with Crippen molar-refractivity contribution >= 4 is 17.3 Å². The van der Waals surface area contributed by atoms with E-state index in [-0.39, 0.29) is 0 Å². The molecule has 0 amide bonds. The average molecular weight is 250 g/mol. The van der Waals surface area contributed by atoms with Crippen molar-refractivity contribution in [2.24, 2.45) is 0 Å². The SMILES string of the molecule is CC1N(C)c2ccc(Cl)cc2C12CCCCC2. The lowest BCUT2D eigenvalue weighted by molar-refractivity contribution is 0.265. The Hall–Kier alpha value is -0.690. The van der Waals surface area contributed by atoms with Crippen LogP contribution in [0.1, 0.15) is 44.6 Å². The van der Waals surface area contributed by atoms with Gasteiger partial charge in [0.2, 0.25) is 0 Å². The lowest BCUT2D eigenvalue weighted by atomic mass is 9.67. The van der Waals surface area contributed by atoms with Gasteiger partial charge in [-0.1, -0.05) is 30.9 Å². The summed E-state index contributed by atoms with van der Waals surface area (Å²) in [7, 11) is 2.22. The predicted molar refractivity (Wildman–Crippen MR) is 74.1 cm³/mol. The van der Waals surface area contributed by atoms with E-state index in [1.807, 2.05) is 6.07 Å². The molecule has 1 nitrogen and oxygen atoms in total. The third-order valence-electron chi connectivity index (χ3n) is 5.00. The Balaban J connectivity index is 2.14. The Morgan fingerprint density at radius 1 is 1.24 bits per heavy atom. The molecule has 1 aliphatic carbocycles. The summed E-state index contributed by atoms with van der Waals surface area (Å²) in [5.41, 5.74) is 3.26. The zero-order valence-electron chi connectivity index (χ0n) is 10.7. The van der Waals surface area contributed by atoms with Crippen LogP contribution < -0.4 is 4.90 Å². The molecule has 1 heterocycles. The Labute approximate surface area is 109 Å². The smallest absolute Gasteiger partial charge is 0.0410 e. The molecule has 1 fully saturated rings. The summed E-state index contributed by atoms with van der Waals surface area (Å²) in [6.07, 6.45) is 6.78. The first-order valence-corrected chi connectivity index (χ1v) is 7.06. The molecule has 1 spiro atoms. The second-order valence-corrected chi connectivity index (χ2v) is 6.10. The van der Waals surface area contributed by atoms with Crippen molar-refractivity contribution in [1.29, 1.82) is 0 Å². The zero-order valence-corrected chi connectivity index (χ0v) is 11.4. The van der Waals surface area contributed by atoms with Crippen molar-refractivity contribution in [3.8, 4) is 0 Å². The molecule has 0 bridgehead atoms. The van der Waals surface area contributed by atoms with Gasteiger partial charge in [0.25, 0.3) is 0 Å². The quantitative estimate of drug-likeness (QED) is 0.660. The van der Waals surface area contributed by atoms with Crippen LogP contribution in [-0.4, -0.2) is 13.1 Å². The summed E-state index contributed by atoms with van der Waals surface area (Å²) in [4.78, 5) is 2.44. The van der Waals surface area contributed by atoms with E-state index in [0.717, 1.165) is 5.02 Å². The third-order valence-corrected chi connectivity index (χ3v) is 5.24. The Bertz CT molecular complexity index is 435. The van der Waals surface area contributed by atoms with Crippen LogP contribution in [-0.2, 0) is 5.41 Å². The fourth-order valence-corrected chi connectivity index (χ4v) is 4.06. The number of hydrogen-bond acceptors (Lipinski definition) is 1. The van der Waals surface area contributed by atoms with Crippen molar-refractivity contribution < 1.29 is 0 Å². The van der Waals surface area contributed by atoms with Crippen molar-refractivity contribution in [3.05, 3.63) is 28.8 Å². The van der Waals surface area contributed by atoms with E-state index in [1.54, 1.807) is 0 Å². The van der Waals surface area contributed by atoms with E-state index in [1.165, 1.54) is 43.4 Å². The number of rotatable bonds is 0. The summed E-state index contributed by atoms with van der Waals surface area (Å²) in [5, 5.41) is 0.885. The van der Waals surface area contributed by atoms with Crippen molar-refractivity contribution in [3.63, 3.8) is 0 Å². The van der Waals surface area contributed by atoms with Gasteiger partial charge in [0.05, 0.1) is 0 Å². The Morgan fingerprint density at radius 2 is 1.94 bits per heavy atom. The molecule has 2 heteroatoms. The molecule has 1 aliphatic heterocycles. The maximum Gasteiger partial charge on any atom is 0.0410 e. The summed E-state index contributed by atoms with van der Waals surface area (Å²) in [6.45, 7) is 2.37. The number of fused-ring (bicyclic) bond motifs is 2. The summed E-state index contributed by atoms with van der Waals surface area (Å²) in [5.74, 6) is 0. The monoisotopic (exact) mass is 249 g/mol. The van der Waals surface area contributed by atoms with E-state index in [4.69, 9.17) is 11.6 Å². The topological polar surface area (TPSA) is 3.24 Å². The molecule has 0 saturated heterocycles. The van der Waals surface area contributed by atoms with Crippen LogP contribution in [0, 0.1) is 0 Å². The summed E-state index contributed by atoms with van der Waals surface area (Å²) < 4.78 is 0. The maximum absolute atomic E-state index is 6.20. The Kier molecular flexibility index (Phi) is 2.62. The fourth-order valence-electron chi connectivity index (χ4n) is 3.89. The molecule has 17 heavy (non-hydrogen) atoms. The van der Waals surface area contributed by atoms with Crippen LogP contribution in [0.5, 0.6) is 0 Å². The largest absolute Gasteiger partial charge is 0.371 e. The van der Waals surface area contributed by atoms with Gasteiger partial charge in [-0.15, -0.1) is 0 Å². The van der Waals surface area contributed by atoms with Gasteiger partial charge >= 0.3 is 0 Å². The second-order valence-electron chi connectivity index (χ2n) is 5.67. The average Bonchev–Trinajstić information content (AvgIpc) is 2.54. The van der Waals surface area contributed by atoms with E-state index in [2.05, 4.69) is 31.0 Å². The molecule has 0 N–H and O–H groups in total. The number of hydrogen-bond donors (Lipinski definition) is 0. The summed E-state index contributed by atoms with van der Waals surface area (Å²) >= 11 is 6.20. The number of anilines is 1. The van der Waals surface area contributed by atoms with E-state index < -0.39 is 0 Å². The molecular formula is C15H20ClN. The maximum atomic E-state index is 6.20. The van der Waals surface area contributed by atoms with Crippen LogP contribution in [0.25, 0.3) is 0 Å². The van der Waals surface area contributed by atoms with Gasteiger partial charge in [0.1, 0.15) is 0 Å². The van der Waals surface area contributed by atoms with Gasteiger partial charge in [0, 0.05) is 29.2 Å². The lowest BCUT2D eigenvalue weighted by Gasteiger charge is -2.39. The number of halogens is 1. The first-order chi connectivity index (χ1) is 8.15. The van der Waals surface area contributed by atoms with Crippen LogP contribution in [0.3, 0.4) is 0 Å². The molecule has 0 aromatic heterocycles. The molecular weight excluding hydrogens is 230 g/mol. The highest BCUT2D eigenvalue weighted by Gasteiger charge is 2.47. The molecule has 3 rings (SSSR count). The number of benzene rings is 1. The fraction of sp³-hybridized carbons (Fsp3) is 0.600. The minimum atomic E-state index is 0.368. The van der Waals surface area contributed by atoms with Gasteiger partial charge < -0.3 is 4.90 Å².